The van der Waals surface area contributed by atoms with Crippen molar-refractivity contribution in [3.63, 3.8) is 0 Å². The highest BCUT2D eigenvalue weighted by Gasteiger charge is 2.29. The Labute approximate surface area is 143 Å². The predicted molar refractivity (Wildman–Crippen MR) is 92.9 cm³/mol. The summed E-state index contributed by atoms with van der Waals surface area (Å²) in [7, 11) is 1.80. The molecule has 1 aliphatic carbocycles. The molecule has 2 N–H and O–H groups in total. The number of nitrogens with zero attached hydrogens (tertiary/aromatic N) is 3. The largest absolute Gasteiger partial charge is 0.435 e. The summed E-state index contributed by atoms with van der Waals surface area (Å²) in [5.74, 6) is 7.78. The summed E-state index contributed by atoms with van der Waals surface area (Å²) in [6.45, 7) is 0. The number of carbonyl (C=O) groups excluding carboxylic acids is 1. The Morgan fingerprint density at radius 2 is 2.08 bits per heavy atom. The van der Waals surface area contributed by atoms with Crippen molar-refractivity contribution in [2.75, 3.05) is 17.7 Å². The van der Waals surface area contributed by atoms with E-state index in [0.717, 1.165) is 29.2 Å². The van der Waals surface area contributed by atoms with Crippen LogP contribution in [0.1, 0.15) is 24.2 Å². The molecule has 3 heterocycles. The van der Waals surface area contributed by atoms with Crippen molar-refractivity contribution in [3.8, 4) is 11.8 Å². The molecule has 1 fully saturated rings. The zero-order valence-corrected chi connectivity index (χ0v) is 13.5. The van der Waals surface area contributed by atoms with E-state index in [0.29, 0.717) is 17.4 Å². The number of amides is 1. The summed E-state index contributed by atoms with van der Waals surface area (Å²) in [5, 5.41) is 7.59. The molecule has 0 aromatic carbocycles. The average Bonchev–Trinajstić information content (AvgIpc) is 3.36. The van der Waals surface area contributed by atoms with Gasteiger partial charge in [-0.2, -0.15) is 0 Å². The number of fused-ring (bicyclic) bond motifs is 1. The average molecular weight is 333 g/mol. The Kier molecular flexibility index (Phi) is 3.78. The molecule has 0 unspecified atom stereocenters. The smallest absolute Gasteiger partial charge is 0.228 e. The Morgan fingerprint density at radius 3 is 2.80 bits per heavy atom. The van der Waals surface area contributed by atoms with Gasteiger partial charge >= 0.3 is 0 Å². The van der Waals surface area contributed by atoms with E-state index in [-0.39, 0.29) is 11.8 Å². The first-order valence-electron chi connectivity index (χ1n) is 7.92. The highest BCUT2D eigenvalue weighted by molar-refractivity contribution is 5.99. The molecular weight excluding hydrogens is 318 g/mol. The third-order valence-corrected chi connectivity index (χ3v) is 3.96. The summed E-state index contributed by atoms with van der Waals surface area (Å²) in [6.07, 6.45) is 8.15. The van der Waals surface area contributed by atoms with Crippen LogP contribution in [0.3, 0.4) is 0 Å². The van der Waals surface area contributed by atoms with Crippen LogP contribution in [0.2, 0.25) is 0 Å². The molecule has 1 aliphatic rings. The minimum Gasteiger partial charge on any atom is -0.435 e. The first-order chi connectivity index (χ1) is 12.2. The second-order valence-electron chi connectivity index (χ2n) is 5.76. The van der Waals surface area contributed by atoms with Crippen molar-refractivity contribution in [1.29, 1.82) is 0 Å². The van der Waals surface area contributed by atoms with E-state index >= 15 is 0 Å². The molecule has 4 rings (SSSR count). The van der Waals surface area contributed by atoms with Gasteiger partial charge < -0.3 is 15.1 Å². The molecule has 3 aromatic heterocycles. The van der Waals surface area contributed by atoms with Crippen LogP contribution < -0.4 is 10.6 Å². The van der Waals surface area contributed by atoms with E-state index in [9.17, 15) is 4.79 Å². The van der Waals surface area contributed by atoms with Gasteiger partial charge in [-0.15, -0.1) is 0 Å². The predicted octanol–water partition coefficient (Wildman–Crippen LogP) is 2.41. The van der Waals surface area contributed by atoms with Crippen molar-refractivity contribution >= 4 is 28.3 Å². The molecule has 25 heavy (non-hydrogen) atoms. The van der Waals surface area contributed by atoms with Crippen molar-refractivity contribution in [3.05, 3.63) is 42.4 Å². The monoisotopic (exact) mass is 333 g/mol. The van der Waals surface area contributed by atoms with Crippen LogP contribution in [0.5, 0.6) is 0 Å². The molecule has 0 atom stereocenters. The van der Waals surface area contributed by atoms with Crippen LogP contribution in [0.4, 0.5) is 11.6 Å². The molecular formula is C18H15N5O2. The highest BCUT2D eigenvalue weighted by atomic mass is 16.3. The Hall–Kier alpha value is -3.40. The lowest BCUT2D eigenvalue weighted by molar-refractivity contribution is -0.117. The minimum atomic E-state index is 0.0176. The lowest BCUT2D eigenvalue weighted by Crippen LogP contribution is -2.14. The highest BCUT2D eigenvalue weighted by Crippen LogP contribution is 2.31. The molecule has 0 aliphatic heterocycles. The fraction of sp³-hybridized carbons (Fsp3) is 0.222. The normalized spacial score (nSPS) is 13.2. The lowest BCUT2D eigenvalue weighted by atomic mass is 10.1. The van der Waals surface area contributed by atoms with Crippen molar-refractivity contribution in [2.24, 2.45) is 5.92 Å². The number of hydrogen-bond donors (Lipinski definition) is 2. The SMILES string of the molecule is CNc1ncc(C#Cc2cnco2)c2cc(NC(=O)C3CC3)ncc12. The van der Waals surface area contributed by atoms with E-state index in [1.165, 1.54) is 6.39 Å². The maximum atomic E-state index is 12.0. The van der Waals surface area contributed by atoms with Gasteiger partial charge in [0.1, 0.15) is 11.6 Å². The molecule has 7 heteroatoms. The standard InChI is InChI=1S/C18H15N5O2/c1-19-17-15-9-21-16(23-18(24)11-2-3-11)6-14(15)12(7-22-17)4-5-13-8-20-10-25-13/h6-11H,2-3H2,1H3,(H,19,22)(H,21,23,24). The van der Waals surface area contributed by atoms with Gasteiger partial charge in [-0.05, 0) is 24.8 Å². The first-order valence-corrected chi connectivity index (χ1v) is 7.92. The molecule has 0 spiro atoms. The fourth-order valence-electron chi connectivity index (χ4n) is 2.48. The Morgan fingerprint density at radius 1 is 1.20 bits per heavy atom. The minimum absolute atomic E-state index is 0.0176. The van der Waals surface area contributed by atoms with Crippen LogP contribution >= 0.6 is 0 Å². The second kappa shape index (κ2) is 6.24. The number of aromatic nitrogens is 3. The van der Waals surface area contributed by atoms with Crippen molar-refractivity contribution in [1.82, 2.24) is 15.0 Å². The summed E-state index contributed by atoms with van der Waals surface area (Å²) in [4.78, 5) is 24.5. The summed E-state index contributed by atoms with van der Waals surface area (Å²) in [6, 6.07) is 1.82. The molecule has 7 nitrogen and oxygen atoms in total. The van der Waals surface area contributed by atoms with Crippen LogP contribution in [0, 0.1) is 17.8 Å². The van der Waals surface area contributed by atoms with E-state index in [4.69, 9.17) is 4.42 Å². The zero-order chi connectivity index (χ0) is 17.2. The number of nitrogens with one attached hydrogen (secondary N) is 2. The maximum Gasteiger partial charge on any atom is 0.228 e. The van der Waals surface area contributed by atoms with Gasteiger partial charge in [-0.1, -0.05) is 5.92 Å². The quantitative estimate of drug-likeness (QED) is 0.715. The van der Waals surface area contributed by atoms with Gasteiger partial charge in [0.05, 0.1) is 11.8 Å². The fourth-order valence-corrected chi connectivity index (χ4v) is 2.48. The topological polar surface area (TPSA) is 92.9 Å². The summed E-state index contributed by atoms with van der Waals surface area (Å²) >= 11 is 0. The van der Waals surface area contributed by atoms with Gasteiger partial charge in [0, 0.05) is 36.1 Å². The van der Waals surface area contributed by atoms with Crippen molar-refractivity contribution in [2.45, 2.75) is 12.8 Å². The Bertz CT molecular complexity index is 997. The van der Waals surface area contributed by atoms with E-state index < -0.39 is 0 Å². The number of hydrogen-bond acceptors (Lipinski definition) is 6. The third kappa shape index (κ3) is 3.15. The molecule has 0 saturated heterocycles. The maximum absolute atomic E-state index is 12.0. The van der Waals surface area contributed by atoms with E-state index in [2.05, 4.69) is 37.4 Å². The van der Waals surface area contributed by atoms with Crippen LogP contribution in [0.15, 0.2) is 35.5 Å². The van der Waals surface area contributed by atoms with Gasteiger partial charge in [0.2, 0.25) is 5.91 Å². The molecule has 0 bridgehead atoms. The van der Waals surface area contributed by atoms with Gasteiger partial charge in [-0.3, -0.25) is 4.79 Å². The number of anilines is 2. The zero-order valence-electron chi connectivity index (χ0n) is 13.5. The van der Waals surface area contributed by atoms with Gasteiger partial charge in [-0.25, -0.2) is 15.0 Å². The van der Waals surface area contributed by atoms with E-state index in [1.807, 2.05) is 6.07 Å². The molecule has 1 amide bonds. The number of carbonyl (C=O) groups is 1. The third-order valence-electron chi connectivity index (χ3n) is 3.96. The van der Waals surface area contributed by atoms with Crippen LogP contribution in [0.25, 0.3) is 10.8 Å². The second-order valence-corrected chi connectivity index (χ2v) is 5.76. The molecule has 0 radical (unpaired) electrons. The van der Waals surface area contributed by atoms with Gasteiger partial charge in [0.25, 0.3) is 0 Å². The summed E-state index contributed by atoms with van der Waals surface area (Å²) < 4.78 is 5.14. The van der Waals surface area contributed by atoms with Crippen LogP contribution in [-0.4, -0.2) is 27.9 Å². The molecule has 3 aromatic rings. The van der Waals surface area contributed by atoms with Gasteiger partial charge in [0.15, 0.2) is 12.2 Å². The lowest BCUT2D eigenvalue weighted by Gasteiger charge is -2.09. The first kappa shape index (κ1) is 15.1. The molecule has 124 valence electrons. The van der Waals surface area contributed by atoms with Crippen LogP contribution in [-0.2, 0) is 4.79 Å². The Balaban J connectivity index is 1.76. The van der Waals surface area contributed by atoms with Crippen molar-refractivity contribution < 1.29 is 9.21 Å². The molecule has 1 saturated carbocycles. The number of rotatable bonds is 3. The number of oxazole rings is 1. The summed E-state index contributed by atoms with van der Waals surface area (Å²) in [5.41, 5.74) is 0.717. The number of pyridine rings is 2. The van der Waals surface area contributed by atoms with E-state index in [1.54, 1.807) is 25.6 Å².